The minimum Gasteiger partial charge on any atom is -0.462 e. The Hall–Kier alpha value is -3.87. The number of carbonyl (C=O) groups excluding carboxylic acids is 3. The number of hydrogen-bond acceptors (Lipinski definition) is 6. The van der Waals surface area contributed by atoms with Crippen molar-refractivity contribution >= 4 is 23.3 Å². The number of carbonyl (C=O) groups is 3. The van der Waals surface area contributed by atoms with Crippen LogP contribution in [0.2, 0.25) is 0 Å². The van der Waals surface area contributed by atoms with E-state index in [0.29, 0.717) is 30.6 Å². The lowest BCUT2D eigenvalue weighted by Crippen LogP contribution is -2.58. The van der Waals surface area contributed by atoms with Crippen molar-refractivity contribution in [2.24, 2.45) is 5.73 Å². The molecule has 38 heavy (non-hydrogen) atoms. The van der Waals surface area contributed by atoms with Crippen LogP contribution < -0.4 is 10.6 Å². The predicted molar refractivity (Wildman–Crippen MR) is 142 cm³/mol. The summed E-state index contributed by atoms with van der Waals surface area (Å²) in [6, 6.07) is 16.1. The number of benzene rings is 2. The van der Waals surface area contributed by atoms with Crippen LogP contribution in [0.25, 0.3) is 0 Å². The number of fused-ring (bicyclic) bond motifs is 2. The van der Waals surface area contributed by atoms with Crippen LogP contribution in [0.5, 0.6) is 0 Å². The van der Waals surface area contributed by atoms with Gasteiger partial charge in [-0.05, 0) is 44.7 Å². The number of rotatable bonds is 3. The lowest BCUT2D eigenvalue weighted by atomic mass is 9.63. The van der Waals surface area contributed by atoms with Crippen molar-refractivity contribution in [3.63, 3.8) is 0 Å². The molecule has 2 N–H and O–H groups in total. The van der Waals surface area contributed by atoms with Crippen LogP contribution in [0, 0.1) is 0 Å². The molecule has 0 fully saturated rings. The molecule has 1 amide bonds. The first-order valence-corrected chi connectivity index (χ1v) is 13.2. The summed E-state index contributed by atoms with van der Waals surface area (Å²) in [5, 5.41) is 0. The summed E-state index contributed by atoms with van der Waals surface area (Å²) < 4.78 is 11.3. The monoisotopic (exact) mass is 512 g/mol. The topological polar surface area (TPSA) is 98.9 Å². The molecule has 0 aromatic heterocycles. The molecule has 3 heterocycles. The molecule has 1 spiro atoms. The fourth-order valence-electron chi connectivity index (χ4n) is 7.37. The van der Waals surface area contributed by atoms with Crippen LogP contribution in [-0.4, -0.2) is 29.8 Å². The highest BCUT2D eigenvalue weighted by Crippen LogP contribution is 2.63. The predicted octanol–water partition coefficient (Wildman–Crippen LogP) is 4.53. The van der Waals surface area contributed by atoms with Gasteiger partial charge in [0.25, 0.3) is 0 Å². The Kier molecular flexibility index (Phi) is 5.19. The number of Topliss-reactive ketones (excluding diaryl/α,β-unsaturated/α-hetero) is 1. The smallest absolute Gasteiger partial charge is 0.341 e. The van der Waals surface area contributed by atoms with Gasteiger partial charge in [0.1, 0.15) is 16.7 Å². The molecule has 0 saturated heterocycles. The number of esters is 1. The van der Waals surface area contributed by atoms with E-state index in [-0.39, 0.29) is 41.7 Å². The zero-order valence-corrected chi connectivity index (χ0v) is 22.2. The van der Waals surface area contributed by atoms with Gasteiger partial charge < -0.3 is 20.1 Å². The first-order valence-electron chi connectivity index (χ1n) is 13.2. The highest BCUT2D eigenvalue weighted by Gasteiger charge is 2.67. The number of ether oxygens (including phenoxy) is 2. The number of nitrogens with two attached hydrogens (primary N) is 1. The highest BCUT2D eigenvalue weighted by atomic mass is 16.5. The molecule has 0 radical (unpaired) electrons. The van der Waals surface area contributed by atoms with Gasteiger partial charge in [-0.2, -0.15) is 0 Å². The lowest BCUT2D eigenvalue weighted by Gasteiger charge is -2.50. The summed E-state index contributed by atoms with van der Waals surface area (Å²) in [5.74, 6) is -1.09. The van der Waals surface area contributed by atoms with E-state index < -0.39 is 22.3 Å². The second-order valence-electron chi connectivity index (χ2n) is 11.4. The minimum atomic E-state index is -1.72. The summed E-state index contributed by atoms with van der Waals surface area (Å²) in [5.41, 5.74) is 7.22. The largest absolute Gasteiger partial charge is 0.462 e. The van der Waals surface area contributed by atoms with E-state index in [1.807, 2.05) is 44.2 Å². The van der Waals surface area contributed by atoms with Gasteiger partial charge in [-0.15, -0.1) is 0 Å². The number of amides is 1. The van der Waals surface area contributed by atoms with E-state index >= 15 is 0 Å². The van der Waals surface area contributed by atoms with Gasteiger partial charge in [0.05, 0.1) is 17.9 Å². The molecule has 2 atom stereocenters. The molecule has 4 aliphatic rings. The number of para-hydroxylation sites is 1. The molecule has 0 bridgehead atoms. The molecule has 7 heteroatoms. The molecule has 1 aliphatic carbocycles. The summed E-state index contributed by atoms with van der Waals surface area (Å²) in [4.78, 5) is 44.0. The lowest BCUT2D eigenvalue weighted by molar-refractivity contribution is -0.141. The second kappa shape index (κ2) is 8.06. The zero-order valence-electron chi connectivity index (χ0n) is 22.2. The van der Waals surface area contributed by atoms with Crippen LogP contribution in [0.4, 0.5) is 5.69 Å². The summed E-state index contributed by atoms with van der Waals surface area (Å²) in [7, 11) is 0. The first kappa shape index (κ1) is 24.5. The SMILES string of the molecule is CCOC(=O)C1=C(N)OC2=C(C(=O)CCC2)[C@]12C(=O)N1c3c2cccc3[C@](C)(c2ccccc2)CC1(C)C. The number of nitrogens with zero attached hydrogens (tertiary/aromatic N) is 1. The maximum absolute atomic E-state index is 15.0. The molecule has 196 valence electrons. The molecular weight excluding hydrogens is 480 g/mol. The third kappa shape index (κ3) is 2.93. The molecule has 7 nitrogen and oxygen atoms in total. The zero-order chi connectivity index (χ0) is 27.0. The maximum atomic E-state index is 15.0. The molecule has 6 rings (SSSR count). The van der Waals surface area contributed by atoms with Gasteiger partial charge in [0, 0.05) is 29.4 Å². The normalized spacial score (nSPS) is 27.3. The van der Waals surface area contributed by atoms with Crippen LogP contribution in [-0.2, 0) is 34.7 Å². The van der Waals surface area contributed by atoms with Gasteiger partial charge in [0.15, 0.2) is 5.78 Å². The standard InChI is InChI=1S/C31H32N2O5/c1-5-37-27(35)24-26(32)38-22-16-10-15-21(34)23(22)31(24)20-14-9-13-19-25(20)33(28(31)36)29(2,3)17-30(19,4)18-11-7-6-8-12-18/h6-9,11-14H,5,10,15-17,32H2,1-4H3/t30-,31-/m0/s1. The van der Waals surface area contributed by atoms with Gasteiger partial charge in [-0.3, -0.25) is 9.59 Å². The van der Waals surface area contributed by atoms with E-state index in [9.17, 15) is 14.4 Å². The number of hydrogen-bond donors (Lipinski definition) is 1. The van der Waals surface area contributed by atoms with E-state index in [1.165, 1.54) is 0 Å². The van der Waals surface area contributed by atoms with Crippen LogP contribution in [0.3, 0.4) is 0 Å². The Morgan fingerprint density at radius 3 is 2.45 bits per heavy atom. The average Bonchev–Trinajstić information content (AvgIpc) is 3.13. The fourth-order valence-corrected chi connectivity index (χ4v) is 7.37. The Morgan fingerprint density at radius 1 is 1.03 bits per heavy atom. The Bertz CT molecular complexity index is 1470. The van der Waals surface area contributed by atoms with Crippen molar-refractivity contribution in [3.8, 4) is 0 Å². The molecule has 2 aromatic rings. The van der Waals surface area contributed by atoms with Crippen molar-refractivity contribution in [2.45, 2.75) is 69.7 Å². The third-order valence-electron chi connectivity index (χ3n) is 8.66. The third-order valence-corrected chi connectivity index (χ3v) is 8.66. The maximum Gasteiger partial charge on any atom is 0.341 e. The Labute approximate surface area is 222 Å². The van der Waals surface area contributed by atoms with Crippen LogP contribution in [0.15, 0.2) is 71.3 Å². The first-order chi connectivity index (χ1) is 18.1. The molecular formula is C31H32N2O5. The summed E-state index contributed by atoms with van der Waals surface area (Å²) in [6.45, 7) is 8.06. The van der Waals surface area contributed by atoms with E-state index in [2.05, 4.69) is 25.1 Å². The molecule has 0 saturated carbocycles. The molecule has 3 aliphatic heterocycles. The minimum absolute atomic E-state index is 0.0912. The van der Waals surface area contributed by atoms with Gasteiger partial charge in [-0.1, -0.05) is 55.5 Å². The van der Waals surface area contributed by atoms with Crippen LogP contribution in [0.1, 0.15) is 70.1 Å². The molecule has 0 unspecified atom stereocenters. The van der Waals surface area contributed by atoms with Gasteiger partial charge in [0.2, 0.25) is 11.8 Å². The van der Waals surface area contributed by atoms with Crippen molar-refractivity contribution in [2.75, 3.05) is 11.5 Å². The highest BCUT2D eigenvalue weighted by molar-refractivity contribution is 6.24. The van der Waals surface area contributed by atoms with E-state index in [4.69, 9.17) is 15.2 Å². The van der Waals surface area contributed by atoms with Crippen molar-refractivity contribution in [1.82, 2.24) is 0 Å². The quantitative estimate of drug-likeness (QED) is 0.607. The van der Waals surface area contributed by atoms with Crippen molar-refractivity contribution < 1.29 is 23.9 Å². The van der Waals surface area contributed by atoms with E-state index in [0.717, 1.165) is 16.8 Å². The Balaban J connectivity index is 1.73. The number of anilines is 1. The summed E-state index contributed by atoms with van der Waals surface area (Å²) >= 11 is 0. The Morgan fingerprint density at radius 2 is 1.74 bits per heavy atom. The van der Waals surface area contributed by atoms with Crippen LogP contribution >= 0.6 is 0 Å². The second-order valence-corrected chi connectivity index (χ2v) is 11.4. The van der Waals surface area contributed by atoms with Crippen molar-refractivity contribution in [3.05, 3.63) is 88.0 Å². The van der Waals surface area contributed by atoms with E-state index in [1.54, 1.807) is 11.8 Å². The molecule has 2 aromatic carbocycles. The van der Waals surface area contributed by atoms with Gasteiger partial charge >= 0.3 is 5.97 Å². The number of ketones is 1. The average molecular weight is 513 g/mol. The summed E-state index contributed by atoms with van der Waals surface area (Å²) in [6.07, 6.45) is 1.98. The van der Waals surface area contributed by atoms with Gasteiger partial charge in [-0.25, -0.2) is 4.79 Å². The van der Waals surface area contributed by atoms with Crippen molar-refractivity contribution in [1.29, 1.82) is 0 Å². The number of allylic oxidation sites excluding steroid dienone is 1. The fraction of sp³-hybridized carbons (Fsp3) is 0.387.